The van der Waals surface area contributed by atoms with Crippen LogP contribution in [0.3, 0.4) is 0 Å². The lowest BCUT2D eigenvalue weighted by atomic mass is 9.44. The van der Waals surface area contributed by atoms with Crippen LogP contribution in [0.25, 0.3) is 0 Å². The van der Waals surface area contributed by atoms with Crippen LogP contribution >= 0.6 is 0 Å². The Balaban J connectivity index is 1.18. The Morgan fingerprint density at radius 2 is 1.39 bits per heavy atom. The molecular formula is C45H70O3Si. The van der Waals surface area contributed by atoms with Gasteiger partial charge in [0.05, 0.1) is 6.10 Å². The number of aliphatic hydroxyl groups excluding tert-OH is 2. The second-order valence-corrected chi connectivity index (χ2v) is 23.5. The molecule has 272 valence electrons. The van der Waals surface area contributed by atoms with Crippen molar-refractivity contribution in [3.8, 4) is 0 Å². The van der Waals surface area contributed by atoms with Crippen LogP contribution in [0, 0.1) is 58.2 Å². The van der Waals surface area contributed by atoms with Crippen molar-refractivity contribution in [2.45, 2.75) is 143 Å². The van der Waals surface area contributed by atoms with Crippen LogP contribution in [0.15, 0.2) is 60.7 Å². The van der Waals surface area contributed by atoms with E-state index in [1.807, 2.05) is 0 Å². The summed E-state index contributed by atoms with van der Waals surface area (Å²) in [5, 5.41) is 24.0. The van der Waals surface area contributed by atoms with Crippen LogP contribution in [-0.2, 0) is 4.43 Å². The van der Waals surface area contributed by atoms with E-state index in [1.165, 1.54) is 68.2 Å². The van der Waals surface area contributed by atoms with Crippen molar-refractivity contribution in [3.63, 3.8) is 0 Å². The maximum absolute atomic E-state index is 11.6. The maximum Gasteiger partial charge on any atom is 0.261 e. The first-order valence-electron chi connectivity index (χ1n) is 20.3. The maximum atomic E-state index is 11.6. The Kier molecular flexibility index (Phi) is 11.0. The van der Waals surface area contributed by atoms with Crippen LogP contribution in [0.5, 0.6) is 0 Å². The Hall–Kier alpha value is -1.46. The van der Waals surface area contributed by atoms with Crippen LogP contribution in [0.2, 0.25) is 5.04 Å². The lowest BCUT2D eigenvalue weighted by Gasteiger charge is -2.62. The van der Waals surface area contributed by atoms with Gasteiger partial charge in [0, 0.05) is 12.7 Å². The Labute approximate surface area is 301 Å². The highest BCUT2D eigenvalue weighted by Crippen LogP contribution is 2.68. The Morgan fingerprint density at radius 3 is 1.96 bits per heavy atom. The van der Waals surface area contributed by atoms with Gasteiger partial charge >= 0.3 is 0 Å². The Morgan fingerprint density at radius 1 is 0.796 bits per heavy atom. The largest absolute Gasteiger partial charge is 0.404 e. The molecule has 0 aromatic heterocycles. The van der Waals surface area contributed by atoms with E-state index in [4.69, 9.17) is 4.43 Å². The first-order valence-corrected chi connectivity index (χ1v) is 22.2. The monoisotopic (exact) mass is 687 g/mol. The molecule has 0 radical (unpaired) electrons. The van der Waals surface area contributed by atoms with Crippen molar-refractivity contribution in [2.24, 2.45) is 58.2 Å². The number of hydrogen-bond acceptors (Lipinski definition) is 3. The van der Waals surface area contributed by atoms with Crippen molar-refractivity contribution in [1.29, 1.82) is 0 Å². The Bertz CT molecular complexity index is 1310. The average molecular weight is 687 g/mol. The van der Waals surface area contributed by atoms with Gasteiger partial charge in [-0.1, -0.05) is 116 Å². The molecule has 4 aliphatic rings. The van der Waals surface area contributed by atoms with Gasteiger partial charge in [0.2, 0.25) is 0 Å². The minimum absolute atomic E-state index is 0.0141. The van der Waals surface area contributed by atoms with E-state index >= 15 is 0 Å². The quantitative estimate of drug-likeness (QED) is 0.232. The highest BCUT2D eigenvalue weighted by molar-refractivity contribution is 6.99. The normalized spacial score (nSPS) is 35.2. The van der Waals surface area contributed by atoms with Gasteiger partial charge in [-0.15, -0.1) is 0 Å². The highest BCUT2D eigenvalue weighted by Gasteiger charge is 2.62. The standard InChI is InChI=1S/C45H70O3Si/c1-31(2)33(25-28-46)29-42(47)32(3)39-21-22-40-38-20-19-34-30-35(23-26-44(34,7)41(38)24-27-45(39,40)8)48-49(43(4,5)6,36-15-11-9-12-16-36)37-17-13-10-14-18-37/h9-18,31-35,38-42,46-47H,19-30H2,1-8H3/t32-,33+,34-,35-,38-,39+,40-,41-,42-,44-,45+/m0/s1. The minimum Gasteiger partial charge on any atom is -0.404 e. The van der Waals surface area contributed by atoms with Crippen LogP contribution in [-0.4, -0.2) is 37.3 Å². The highest BCUT2D eigenvalue weighted by atomic mass is 28.4. The molecule has 4 fully saturated rings. The SMILES string of the molecule is CC(C)[C@H](CCO)C[C@H](O)[C@@H](C)[C@H]1CC[C@H]2[C@@H]3CC[C@H]4C[C@@H](O[Si](c5ccccc5)(c5ccccc5)C(C)(C)C)CC[C@]4(C)[C@H]3CC[C@]12C. The average Bonchev–Trinajstić information content (AvgIpc) is 3.44. The van der Waals surface area contributed by atoms with Crippen molar-refractivity contribution < 1.29 is 14.6 Å². The zero-order valence-corrected chi connectivity index (χ0v) is 33.3. The van der Waals surface area contributed by atoms with E-state index in [1.54, 1.807) is 0 Å². The van der Waals surface area contributed by atoms with Gasteiger partial charge in [-0.25, -0.2) is 0 Å². The van der Waals surface area contributed by atoms with E-state index in [9.17, 15) is 10.2 Å². The molecule has 0 saturated heterocycles. The lowest BCUT2D eigenvalue weighted by Crippen LogP contribution is -2.68. The zero-order chi connectivity index (χ0) is 35.2. The van der Waals surface area contributed by atoms with E-state index in [0.717, 1.165) is 36.5 Å². The second-order valence-electron chi connectivity index (χ2n) is 19.2. The van der Waals surface area contributed by atoms with Crippen molar-refractivity contribution in [2.75, 3.05) is 6.61 Å². The first-order chi connectivity index (χ1) is 23.3. The summed E-state index contributed by atoms with van der Waals surface area (Å²) in [6, 6.07) is 22.5. The van der Waals surface area contributed by atoms with E-state index in [2.05, 4.69) is 116 Å². The number of benzene rings is 2. The summed E-state index contributed by atoms with van der Waals surface area (Å²) < 4.78 is 7.75. The molecule has 3 nitrogen and oxygen atoms in total. The zero-order valence-electron chi connectivity index (χ0n) is 32.3. The van der Waals surface area contributed by atoms with Crippen LogP contribution in [0.1, 0.15) is 126 Å². The topological polar surface area (TPSA) is 49.7 Å². The smallest absolute Gasteiger partial charge is 0.261 e. The predicted molar refractivity (Wildman–Crippen MR) is 208 cm³/mol. The van der Waals surface area contributed by atoms with Crippen LogP contribution in [0.4, 0.5) is 0 Å². The van der Waals surface area contributed by atoms with Gasteiger partial charge in [-0.2, -0.15) is 0 Å². The molecule has 0 heterocycles. The number of aliphatic hydroxyl groups is 2. The van der Waals surface area contributed by atoms with Gasteiger partial charge < -0.3 is 14.6 Å². The molecule has 49 heavy (non-hydrogen) atoms. The fraction of sp³-hybridized carbons (Fsp3) is 0.733. The first kappa shape index (κ1) is 37.3. The summed E-state index contributed by atoms with van der Waals surface area (Å²) in [6.07, 6.45) is 13.4. The van der Waals surface area contributed by atoms with Gasteiger partial charge in [-0.3, -0.25) is 0 Å². The molecule has 0 bridgehead atoms. The number of rotatable bonds is 11. The number of fused-ring (bicyclic) bond motifs is 5. The fourth-order valence-electron chi connectivity index (χ4n) is 12.9. The van der Waals surface area contributed by atoms with E-state index in [-0.39, 0.29) is 17.7 Å². The lowest BCUT2D eigenvalue weighted by molar-refractivity contribution is -0.130. The molecule has 4 saturated carbocycles. The van der Waals surface area contributed by atoms with Gasteiger partial charge in [0.1, 0.15) is 0 Å². The van der Waals surface area contributed by atoms with E-state index in [0.29, 0.717) is 40.6 Å². The molecule has 11 atom stereocenters. The van der Waals surface area contributed by atoms with Crippen molar-refractivity contribution >= 4 is 18.7 Å². The molecule has 6 rings (SSSR count). The van der Waals surface area contributed by atoms with E-state index < -0.39 is 8.32 Å². The summed E-state index contributed by atoms with van der Waals surface area (Å²) in [5.41, 5.74) is 0.756. The third-order valence-electron chi connectivity index (χ3n) is 15.7. The predicted octanol–water partition coefficient (Wildman–Crippen LogP) is 9.63. The molecule has 0 amide bonds. The fourth-order valence-corrected chi connectivity index (χ4v) is 17.6. The van der Waals surface area contributed by atoms with Gasteiger partial charge in [0.15, 0.2) is 0 Å². The minimum atomic E-state index is -2.56. The van der Waals surface area contributed by atoms with Gasteiger partial charge in [-0.05, 0) is 144 Å². The molecule has 0 aliphatic heterocycles. The summed E-state index contributed by atoms with van der Waals surface area (Å²) in [5.74, 6) is 5.03. The molecule has 2 aromatic rings. The van der Waals surface area contributed by atoms with Crippen molar-refractivity contribution in [3.05, 3.63) is 60.7 Å². The molecule has 2 aromatic carbocycles. The summed E-state index contributed by atoms with van der Waals surface area (Å²) in [7, 11) is -2.56. The van der Waals surface area contributed by atoms with Gasteiger partial charge in [0.25, 0.3) is 8.32 Å². The third kappa shape index (κ3) is 6.68. The summed E-state index contributed by atoms with van der Waals surface area (Å²) in [6.45, 7) is 19.7. The third-order valence-corrected chi connectivity index (χ3v) is 20.8. The van der Waals surface area contributed by atoms with Crippen molar-refractivity contribution in [1.82, 2.24) is 0 Å². The summed E-state index contributed by atoms with van der Waals surface area (Å²) in [4.78, 5) is 0. The summed E-state index contributed by atoms with van der Waals surface area (Å²) >= 11 is 0. The molecule has 4 heteroatoms. The molecule has 4 aliphatic carbocycles. The molecule has 0 spiro atoms. The molecule has 0 unspecified atom stereocenters. The molecule has 2 N–H and O–H groups in total. The second kappa shape index (κ2) is 14.5. The molecular weight excluding hydrogens is 617 g/mol. The van der Waals surface area contributed by atoms with Crippen LogP contribution < -0.4 is 10.4 Å². The number of hydrogen-bond donors (Lipinski definition) is 2.